The van der Waals surface area contributed by atoms with Gasteiger partial charge in [0.2, 0.25) is 0 Å². The van der Waals surface area contributed by atoms with Crippen LogP contribution in [0.1, 0.15) is 15.9 Å². The number of sulfonamides is 1. The van der Waals surface area contributed by atoms with E-state index < -0.39 is 15.9 Å². The molecule has 0 radical (unpaired) electrons. The quantitative estimate of drug-likeness (QED) is 0.655. The standard InChI is InChI=1S/C20H16ClNO3S/c1-15-11-13-17(14-12-15)26(24,25)22(16-7-3-2-4-8-16)20(23)18-9-5-6-10-19(18)21/h2-14H,1H3. The Bertz CT molecular complexity index is 1030. The van der Waals surface area contributed by atoms with Crippen molar-refractivity contribution in [2.75, 3.05) is 4.31 Å². The molecule has 6 heteroatoms. The Morgan fingerprint density at radius 3 is 2.04 bits per heavy atom. The summed E-state index contributed by atoms with van der Waals surface area (Å²) in [6.07, 6.45) is 0. The normalized spacial score (nSPS) is 11.2. The molecule has 4 nitrogen and oxygen atoms in total. The summed E-state index contributed by atoms with van der Waals surface area (Å²) in [6, 6.07) is 21.0. The fraction of sp³-hybridized carbons (Fsp3) is 0.0500. The number of halogens is 1. The van der Waals surface area contributed by atoms with Crippen LogP contribution in [0.3, 0.4) is 0 Å². The van der Waals surface area contributed by atoms with E-state index in [1.54, 1.807) is 60.7 Å². The topological polar surface area (TPSA) is 54.5 Å². The van der Waals surface area contributed by atoms with E-state index in [2.05, 4.69) is 0 Å². The van der Waals surface area contributed by atoms with Gasteiger partial charge in [-0.2, -0.15) is 4.31 Å². The number of amides is 1. The van der Waals surface area contributed by atoms with E-state index in [0.29, 0.717) is 0 Å². The lowest BCUT2D eigenvalue weighted by Crippen LogP contribution is -2.37. The maximum Gasteiger partial charge on any atom is 0.273 e. The monoisotopic (exact) mass is 385 g/mol. The molecule has 1 amide bonds. The average Bonchev–Trinajstić information content (AvgIpc) is 2.63. The lowest BCUT2D eigenvalue weighted by Gasteiger charge is -2.23. The Labute approximate surface area is 157 Å². The molecule has 3 aromatic rings. The molecule has 26 heavy (non-hydrogen) atoms. The molecule has 0 fully saturated rings. The molecule has 0 saturated heterocycles. The van der Waals surface area contributed by atoms with Gasteiger partial charge in [0.05, 0.1) is 21.2 Å². The van der Waals surface area contributed by atoms with Crippen LogP contribution in [0.2, 0.25) is 5.02 Å². The molecule has 0 spiro atoms. The van der Waals surface area contributed by atoms with Crippen LogP contribution in [0.15, 0.2) is 83.8 Å². The van der Waals surface area contributed by atoms with E-state index in [-0.39, 0.29) is 21.2 Å². The maximum atomic E-state index is 13.2. The summed E-state index contributed by atoms with van der Waals surface area (Å²) in [5, 5.41) is 0.192. The number of para-hydroxylation sites is 1. The van der Waals surface area contributed by atoms with Gasteiger partial charge in [-0.1, -0.05) is 59.6 Å². The lowest BCUT2D eigenvalue weighted by molar-refractivity contribution is 0.101. The van der Waals surface area contributed by atoms with Crippen molar-refractivity contribution in [1.82, 2.24) is 0 Å². The summed E-state index contributed by atoms with van der Waals surface area (Å²) >= 11 is 6.13. The minimum absolute atomic E-state index is 0.0346. The van der Waals surface area contributed by atoms with Crippen LogP contribution in [-0.4, -0.2) is 14.3 Å². The molecule has 132 valence electrons. The molecular weight excluding hydrogens is 370 g/mol. The van der Waals surface area contributed by atoms with Gasteiger partial charge in [0.25, 0.3) is 15.9 Å². The van der Waals surface area contributed by atoms with Crippen molar-refractivity contribution in [3.63, 3.8) is 0 Å². The van der Waals surface area contributed by atoms with Crippen molar-refractivity contribution in [2.24, 2.45) is 0 Å². The minimum Gasteiger partial charge on any atom is -0.268 e. The molecule has 0 unspecified atom stereocenters. The number of anilines is 1. The van der Waals surface area contributed by atoms with Crippen molar-refractivity contribution >= 4 is 33.2 Å². The number of rotatable bonds is 4. The third-order valence-corrected chi connectivity index (χ3v) is 5.89. The van der Waals surface area contributed by atoms with Crippen LogP contribution in [-0.2, 0) is 10.0 Å². The molecular formula is C20H16ClNO3S. The highest BCUT2D eigenvalue weighted by molar-refractivity contribution is 7.93. The van der Waals surface area contributed by atoms with Crippen molar-refractivity contribution in [3.8, 4) is 0 Å². The average molecular weight is 386 g/mol. The first kappa shape index (κ1) is 18.2. The predicted molar refractivity (Wildman–Crippen MR) is 103 cm³/mol. The van der Waals surface area contributed by atoms with Crippen LogP contribution in [0.5, 0.6) is 0 Å². The molecule has 0 bridgehead atoms. The molecule has 3 rings (SSSR count). The van der Waals surface area contributed by atoms with E-state index in [1.165, 1.54) is 18.2 Å². The van der Waals surface area contributed by atoms with Gasteiger partial charge < -0.3 is 0 Å². The van der Waals surface area contributed by atoms with Gasteiger partial charge in [-0.3, -0.25) is 4.79 Å². The first-order valence-electron chi connectivity index (χ1n) is 7.87. The number of carbonyl (C=O) groups excluding carboxylic acids is 1. The van der Waals surface area contributed by atoms with Crippen molar-refractivity contribution in [1.29, 1.82) is 0 Å². The van der Waals surface area contributed by atoms with Crippen LogP contribution in [0, 0.1) is 6.92 Å². The summed E-state index contributed by atoms with van der Waals surface area (Å²) in [6.45, 7) is 1.86. The first-order chi connectivity index (χ1) is 12.4. The second-order valence-electron chi connectivity index (χ2n) is 5.70. The van der Waals surface area contributed by atoms with E-state index in [0.717, 1.165) is 9.87 Å². The Balaban J connectivity index is 2.18. The van der Waals surface area contributed by atoms with E-state index in [1.807, 2.05) is 6.92 Å². The van der Waals surface area contributed by atoms with Crippen molar-refractivity contribution in [3.05, 3.63) is 95.0 Å². The number of nitrogens with zero attached hydrogens (tertiary/aromatic N) is 1. The summed E-state index contributed by atoms with van der Waals surface area (Å²) in [4.78, 5) is 13.1. The lowest BCUT2D eigenvalue weighted by atomic mass is 10.2. The van der Waals surface area contributed by atoms with Crippen LogP contribution >= 0.6 is 11.6 Å². The fourth-order valence-electron chi connectivity index (χ4n) is 2.49. The molecule has 3 aromatic carbocycles. The largest absolute Gasteiger partial charge is 0.273 e. The van der Waals surface area contributed by atoms with E-state index in [9.17, 15) is 13.2 Å². The number of benzene rings is 3. The van der Waals surface area contributed by atoms with E-state index in [4.69, 9.17) is 11.6 Å². The SMILES string of the molecule is Cc1ccc(S(=O)(=O)N(C(=O)c2ccccc2Cl)c2ccccc2)cc1. The van der Waals surface area contributed by atoms with Crippen molar-refractivity contribution < 1.29 is 13.2 Å². The Morgan fingerprint density at radius 1 is 0.846 bits per heavy atom. The highest BCUT2D eigenvalue weighted by atomic mass is 35.5. The Hall–Kier alpha value is -2.63. The molecule has 0 atom stereocenters. The number of hydrogen-bond acceptors (Lipinski definition) is 3. The molecule has 0 saturated carbocycles. The second kappa shape index (κ2) is 7.32. The smallest absolute Gasteiger partial charge is 0.268 e. The molecule has 0 aliphatic rings. The molecule has 0 N–H and O–H groups in total. The zero-order valence-electron chi connectivity index (χ0n) is 14.0. The van der Waals surface area contributed by atoms with Gasteiger partial charge >= 0.3 is 0 Å². The fourth-order valence-corrected chi connectivity index (χ4v) is 4.11. The highest BCUT2D eigenvalue weighted by Crippen LogP contribution is 2.28. The Kier molecular flexibility index (Phi) is 5.11. The zero-order chi connectivity index (χ0) is 18.7. The van der Waals surface area contributed by atoms with Gasteiger partial charge in [0.1, 0.15) is 0 Å². The summed E-state index contributed by atoms with van der Waals surface area (Å²) in [5.74, 6) is -0.706. The second-order valence-corrected chi connectivity index (χ2v) is 7.90. The first-order valence-corrected chi connectivity index (χ1v) is 9.69. The zero-order valence-corrected chi connectivity index (χ0v) is 15.5. The summed E-state index contributed by atoms with van der Waals surface area (Å²) in [7, 11) is -4.11. The molecule has 0 aliphatic carbocycles. The Morgan fingerprint density at radius 2 is 1.42 bits per heavy atom. The molecule has 0 aliphatic heterocycles. The minimum atomic E-state index is -4.11. The van der Waals surface area contributed by atoms with Gasteiger partial charge in [-0.15, -0.1) is 0 Å². The highest BCUT2D eigenvalue weighted by Gasteiger charge is 2.32. The molecule has 0 aromatic heterocycles. The van der Waals surface area contributed by atoms with Crippen LogP contribution < -0.4 is 4.31 Å². The summed E-state index contributed by atoms with van der Waals surface area (Å²) < 4.78 is 27.3. The number of hydrogen-bond donors (Lipinski definition) is 0. The van der Waals surface area contributed by atoms with Gasteiger partial charge in [0.15, 0.2) is 0 Å². The molecule has 0 heterocycles. The van der Waals surface area contributed by atoms with Gasteiger partial charge in [-0.25, -0.2) is 8.42 Å². The number of aryl methyl sites for hydroxylation is 1. The maximum absolute atomic E-state index is 13.2. The van der Waals surface area contributed by atoms with E-state index >= 15 is 0 Å². The van der Waals surface area contributed by atoms with Gasteiger partial charge in [-0.05, 0) is 43.3 Å². The third kappa shape index (κ3) is 3.49. The van der Waals surface area contributed by atoms with Crippen LogP contribution in [0.25, 0.3) is 0 Å². The summed E-state index contributed by atoms with van der Waals surface area (Å²) in [5.41, 5.74) is 1.29. The number of carbonyl (C=O) groups is 1. The predicted octanol–water partition coefficient (Wildman–Crippen LogP) is 4.68. The third-order valence-electron chi connectivity index (χ3n) is 3.84. The van der Waals surface area contributed by atoms with Crippen LogP contribution in [0.4, 0.5) is 5.69 Å². The van der Waals surface area contributed by atoms with Gasteiger partial charge in [0, 0.05) is 0 Å². The van der Waals surface area contributed by atoms with Crippen molar-refractivity contribution in [2.45, 2.75) is 11.8 Å².